The molecule has 4 rings (SSSR count). The molecule has 3 aromatic rings. The summed E-state index contributed by atoms with van der Waals surface area (Å²) in [5.74, 6) is -0.959. The van der Waals surface area contributed by atoms with Crippen LogP contribution in [0.25, 0.3) is 16.9 Å². The quantitative estimate of drug-likeness (QED) is 0.777. The van der Waals surface area contributed by atoms with Gasteiger partial charge < -0.3 is 5.32 Å². The average molecular weight is 315 g/mol. The zero-order chi connectivity index (χ0) is 16.0. The van der Waals surface area contributed by atoms with Gasteiger partial charge in [-0.3, -0.25) is 0 Å². The Balaban J connectivity index is 1.89. The zero-order valence-corrected chi connectivity index (χ0v) is 12.0. The molecule has 0 bridgehead atoms. The van der Waals surface area contributed by atoms with Crippen LogP contribution in [-0.4, -0.2) is 16.3 Å². The zero-order valence-electron chi connectivity index (χ0n) is 12.0. The van der Waals surface area contributed by atoms with Gasteiger partial charge in [0, 0.05) is 23.7 Å². The monoisotopic (exact) mass is 315 g/mol. The Bertz CT molecular complexity index is 885. The second kappa shape index (κ2) is 5.15. The standard InChI is InChI=1S/C17H12F3N3/c18-11-3-1-10(2-4-11)16-13-7-8-21-17(13)23(22-16)15-6-5-12(19)9-14(15)20/h1-6,9,21H,7-8H2. The van der Waals surface area contributed by atoms with Crippen LogP contribution >= 0.6 is 0 Å². The van der Waals surface area contributed by atoms with Gasteiger partial charge in [0.05, 0.1) is 5.69 Å². The molecule has 0 saturated carbocycles. The summed E-state index contributed by atoms with van der Waals surface area (Å²) < 4.78 is 41.8. The Kier molecular flexibility index (Phi) is 3.11. The molecule has 6 heteroatoms. The fourth-order valence-electron chi connectivity index (χ4n) is 2.84. The molecule has 1 N–H and O–H groups in total. The highest BCUT2D eigenvalue weighted by atomic mass is 19.1. The molecule has 0 atom stereocenters. The molecule has 23 heavy (non-hydrogen) atoms. The molecule has 2 aromatic carbocycles. The lowest BCUT2D eigenvalue weighted by atomic mass is 10.1. The van der Waals surface area contributed by atoms with Crippen LogP contribution in [0, 0.1) is 17.5 Å². The van der Waals surface area contributed by atoms with E-state index in [9.17, 15) is 13.2 Å². The highest BCUT2D eigenvalue weighted by molar-refractivity contribution is 5.72. The van der Waals surface area contributed by atoms with Gasteiger partial charge in [-0.25, -0.2) is 17.9 Å². The van der Waals surface area contributed by atoms with E-state index in [1.807, 2.05) is 0 Å². The van der Waals surface area contributed by atoms with Crippen LogP contribution in [0.4, 0.5) is 19.0 Å². The third kappa shape index (κ3) is 2.27. The van der Waals surface area contributed by atoms with Crippen LogP contribution in [-0.2, 0) is 6.42 Å². The number of nitrogens with zero attached hydrogens (tertiary/aromatic N) is 2. The Morgan fingerprint density at radius 3 is 2.43 bits per heavy atom. The van der Waals surface area contributed by atoms with E-state index in [0.29, 0.717) is 18.1 Å². The van der Waals surface area contributed by atoms with Crippen molar-refractivity contribution in [1.82, 2.24) is 9.78 Å². The highest BCUT2D eigenvalue weighted by Crippen LogP contribution is 2.35. The molecule has 0 saturated heterocycles. The van der Waals surface area contributed by atoms with Crippen molar-refractivity contribution in [3.05, 3.63) is 65.5 Å². The maximum atomic E-state index is 14.1. The number of hydrogen-bond donors (Lipinski definition) is 1. The number of hydrogen-bond acceptors (Lipinski definition) is 2. The van der Waals surface area contributed by atoms with Gasteiger partial charge in [-0.15, -0.1) is 0 Å². The smallest absolute Gasteiger partial charge is 0.151 e. The summed E-state index contributed by atoms with van der Waals surface area (Å²) in [6.45, 7) is 0.712. The lowest BCUT2D eigenvalue weighted by molar-refractivity contribution is 0.574. The Morgan fingerprint density at radius 1 is 0.957 bits per heavy atom. The van der Waals surface area contributed by atoms with Crippen LogP contribution in [0.1, 0.15) is 5.56 Å². The molecular formula is C17H12F3N3. The number of halogens is 3. The molecule has 0 fully saturated rings. The summed E-state index contributed by atoms with van der Waals surface area (Å²) in [5.41, 5.74) is 2.55. The average Bonchev–Trinajstić information content (AvgIpc) is 3.11. The van der Waals surface area contributed by atoms with Gasteiger partial charge in [0.1, 0.15) is 23.1 Å². The van der Waals surface area contributed by atoms with Crippen LogP contribution in [0.2, 0.25) is 0 Å². The molecule has 0 aliphatic carbocycles. The fraction of sp³-hybridized carbons (Fsp3) is 0.118. The van der Waals surface area contributed by atoms with E-state index < -0.39 is 11.6 Å². The van der Waals surface area contributed by atoms with Crippen molar-refractivity contribution in [1.29, 1.82) is 0 Å². The van der Waals surface area contributed by atoms with E-state index in [4.69, 9.17) is 0 Å². The number of aromatic nitrogens is 2. The molecular weight excluding hydrogens is 303 g/mol. The molecule has 0 spiro atoms. The van der Waals surface area contributed by atoms with E-state index >= 15 is 0 Å². The van der Waals surface area contributed by atoms with Crippen LogP contribution in [0.15, 0.2) is 42.5 Å². The van der Waals surface area contributed by atoms with Gasteiger partial charge >= 0.3 is 0 Å². The number of anilines is 1. The summed E-state index contributed by atoms with van der Waals surface area (Å²) in [6.07, 6.45) is 0.741. The summed E-state index contributed by atoms with van der Waals surface area (Å²) in [5, 5.41) is 7.64. The van der Waals surface area contributed by atoms with Gasteiger partial charge in [-0.1, -0.05) is 0 Å². The van der Waals surface area contributed by atoms with E-state index in [2.05, 4.69) is 10.4 Å². The summed E-state index contributed by atoms with van der Waals surface area (Å²) >= 11 is 0. The van der Waals surface area contributed by atoms with Gasteiger partial charge in [0.2, 0.25) is 0 Å². The van der Waals surface area contributed by atoms with Crippen molar-refractivity contribution in [3.63, 3.8) is 0 Å². The van der Waals surface area contributed by atoms with Crippen LogP contribution in [0.5, 0.6) is 0 Å². The fourth-order valence-corrected chi connectivity index (χ4v) is 2.84. The van der Waals surface area contributed by atoms with Crippen molar-refractivity contribution < 1.29 is 13.2 Å². The predicted molar refractivity (Wildman–Crippen MR) is 81.1 cm³/mol. The first-order valence-electron chi connectivity index (χ1n) is 7.20. The summed E-state index contributed by atoms with van der Waals surface area (Å²) in [7, 11) is 0. The minimum atomic E-state index is -0.686. The Hall–Kier alpha value is -2.76. The second-order valence-corrected chi connectivity index (χ2v) is 5.37. The predicted octanol–water partition coefficient (Wildman–Crippen LogP) is 3.92. The number of rotatable bonds is 2. The van der Waals surface area contributed by atoms with Crippen molar-refractivity contribution in [2.45, 2.75) is 6.42 Å². The minimum Gasteiger partial charge on any atom is -0.369 e. The third-order valence-electron chi connectivity index (χ3n) is 3.91. The molecule has 0 amide bonds. The molecule has 1 aliphatic rings. The van der Waals surface area contributed by atoms with Crippen molar-refractivity contribution in [2.24, 2.45) is 0 Å². The van der Waals surface area contributed by atoms with E-state index in [-0.39, 0.29) is 11.5 Å². The molecule has 1 aliphatic heterocycles. The maximum absolute atomic E-state index is 14.1. The molecule has 0 radical (unpaired) electrons. The van der Waals surface area contributed by atoms with Crippen molar-refractivity contribution >= 4 is 5.82 Å². The largest absolute Gasteiger partial charge is 0.369 e. The van der Waals surface area contributed by atoms with Gasteiger partial charge in [0.25, 0.3) is 0 Å². The van der Waals surface area contributed by atoms with Crippen LogP contribution < -0.4 is 5.32 Å². The molecule has 116 valence electrons. The summed E-state index contributed by atoms with van der Waals surface area (Å²) in [4.78, 5) is 0. The molecule has 0 unspecified atom stereocenters. The van der Waals surface area contributed by atoms with Crippen LogP contribution in [0.3, 0.4) is 0 Å². The van der Waals surface area contributed by atoms with E-state index in [0.717, 1.165) is 23.6 Å². The number of nitrogens with one attached hydrogen (secondary N) is 1. The van der Waals surface area contributed by atoms with E-state index in [1.165, 1.54) is 28.9 Å². The van der Waals surface area contributed by atoms with Crippen molar-refractivity contribution in [2.75, 3.05) is 11.9 Å². The van der Waals surface area contributed by atoms with Crippen molar-refractivity contribution in [3.8, 4) is 16.9 Å². The van der Waals surface area contributed by atoms with Gasteiger partial charge in [-0.2, -0.15) is 5.10 Å². The van der Waals surface area contributed by atoms with E-state index in [1.54, 1.807) is 12.1 Å². The normalized spacial score (nSPS) is 13.0. The topological polar surface area (TPSA) is 29.9 Å². The van der Waals surface area contributed by atoms with Gasteiger partial charge in [0.15, 0.2) is 5.82 Å². The second-order valence-electron chi connectivity index (χ2n) is 5.37. The lowest BCUT2D eigenvalue weighted by Gasteiger charge is -2.07. The SMILES string of the molecule is Fc1ccc(-c2nn(-c3ccc(F)cc3F)c3c2CCN3)cc1. The first-order chi connectivity index (χ1) is 11.1. The third-order valence-corrected chi connectivity index (χ3v) is 3.91. The lowest BCUT2D eigenvalue weighted by Crippen LogP contribution is -2.06. The first kappa shape index (κ1) is 13.9. The Morgan fingerprint density at radius 2 is 1.70 bits per heavy atom. The Labute approximate surface area is 130 Å². The van der Waals surface area contributed by atoms with Gasteiger partial charge in [-0.05, 0) is 42.8 Å². The molecule has 2 heterocycles. The maximum Gasteiger partial charge on any atom is 0.151 e. The summed E-state index contributed by atoms with van der Waals surface area (Å²) in [6, 6.07) is 9.38. The number of benzene rings is 2. The highest BCUT2D eigenvalue weighted by Gasteiger charge is 2.25. The first-order valence-corrected chi connectivity index (χ1v) is 7.20. The number of fused-ring (bicyclic) bond motifs is 1. The molecule has 3 nitrogen and oxygen atoms in total. The molecule has 1 aromatic heterocycles. The minimum absolute atomic E-state index is 0.172.